The molecule has 2 aromatic rings. The van der Waals surface area contributed by atoms with E-state index in [1.807, 2.05) is 0 Å². The fourth-order valence-electron chi connectivity index (χ4n) is 2.67. The minimum atomic E-state index is -1.03. The number of hydrogen-bond acceptors (Lipinski definition) is 5. The first-order valence-corrected chi connectivity index (χ1v) is 8.53. The van der Waals surface area contributed by atoms with Crippen molar-refractivity contribution >= 4 is 17.6 Å². The molecular weight excluding hydrogens is 372 g/mol. The summed E-state index contributed by atoms with van der Waals surface area (Å²) in [6, 6.07) is 7.60. The minimum absolute atomic E-state index is 0.0146. The summed E-state index contributed by atoms with van der Waals surface area (Å²) >= 11 is 0. The summed E-state index contributed by atoms with van der Waals surface area (Å²) in [4.78, 5) is 26.2. The third-order valence-electron chi connectivity index (χ3n) is 3.80. The molecule has 0 atom stereocenters. The normalized spacial score (nSPS) is 12.6. The van der Waals surface area contributed by atoms with E-state index in [4.69, 9.17) is 14.2 Å². The highest BCUT2D eigenvalue weighted by Gasteiger charge is 2.29. The first-order chi connectivity index (χ1) is 13.2. The van der Waals surface area contributed by atoms with Gasteiger partial charge in [0, 0.05) is 11.8 Å². The molecule has 1 aliphatic rings. The number of carbonyl (C=O) groups excluding carboxylic acids is 2. The lowest BCUT2D eigenvalue weighted by Crippen LogP contribution is -2.39. The molecule has 3 rings (SSSR count). The second-order valence-electron chi connectivity index (χ2n) is 7.11. The quantitative estimate of drug-likeness (QED) is 0.744. The average molecular weight is 391 g/mol. The Labute approximate surface area is 160 Å². The molecule has 0 unspecified atom stereocenters. The Kier molecular flexibility index (Phi) is 5.22. The van der Waals surface area contributed by atoms with Gasteiger partial charge in [0.1, 0.15) is 29.3 Å². The Bertz CT molecular complexity index is 903. The molecule has 1 amide bonds. The van der Waals surface area contributed by atoms with Gasteiger partial charge in [-0.25, -0.2) is 8.78 Å². The standard InChI is InChI=1S/C20H19F2NO5/c1-20(2,3)28-17(24)10-23(12-7-8-15-16(9-12)27-11-26-15)19(25)18-13(21)5-4-6-14(18)22/h4-9H,10-11H2,1-3H3. The molecule has 1 aliphatic heterocycles. The monoisotopic (exact) mass is 391 g/mol. The number of carbonyl (C=O) groups is 2. The number of rotatable bonds is 4. The van der Waals surface area contributed by atoms with E-state index in [-0.39, 0.29) is 12.5 Å². The van der Waals surface area contributed by atoms with E-state index in [9.17, 15) is 18.4 Å². The fraction of sp³-hybridized carbons (Fsp3) is 0.300. The number of hydrogen-bond donors (Lipinski definition) is 0. The summed E-state index contributed by atoms with van der Waals surface area (Å²) in [6.07, 6.45) is 0. The van der Waals surface area contributed by atoms with Gasteiger partial charge in [-0.15, -0.1) is 0 Å². The molecule has 0 saturated heterocycles. The van der Waals surface area contributed by atoms with Gasteiger partial charge in [-0.1, -0.05) is 6.07 Å². The molecule has 6 nitrogen and oxygen atoms in total. The van der Waals surface area contributed by atoms with Gasteiger partial charge in [0.2, 0.25) is 6.79 Å². The highest BCUT2D eigenvalue weighted by molar-refractivity contribution is 6.08. The van der Waals surface area contributed by atoms with E-state index in [0.717, 1.165) is 23.1 Å². The molecule has 148 valence electrons. The van der Waals surface area contributed by atoms with Gasteiger partial charge in [-0.3, -0.25) is 14.5 Å². The molecule has 0 saturated carbocycles. The molecule has 1 heterocycles. The molecule has 0 aromatic heterocycles. The summed E-state index contributed by atoms with van der Waals surface area (Å²) in [7, 11) is 0. The number of amides is 1. The smallest absolute Gasteiger partial charge is 0.326 e. The largest absolute Gasteiger partial charge is 0.459 e. The van der Waals surface area contributed by atoms with Crippen LogP contribution >= 0.6 is 0 Å². The van der Waals surface area contributed by atoms with Gasteiger partial charge < -0.3 is 14.2 Å². The van der Waals surface area contributed by atoms with Crippen LogP contribution in [0.2, 0.25) is 0 Å². The van der Waals surface area contributed by atoms with Crippen LogP contribution in [0.5, 0.6) is 11.5 Å². The van der Waals surface area contributed by atoms with Gasteiger partial charge in [-0.2, -0.15) is 0 Å². The lowest BCUT2D eigenvalue weighted by atomic mass is 10.1. The third-order valence-corrected chi connectivity index (χ3v) is 3.80. The maximum Gasteiger partial charge on any atom is 0.326 e. The van der Waals surface area contributed by atoms with E-state index in [2.05, 4.69) is 0 Å². The number of ether oxygens (including phenoxy) is 3. The van der Waals surface area contributed by atoms with Crippen molar-refractivity contribution in [3.05, 3.63) is 53.6 Å². The lowest BCUT2D eigenvalue weighted by Gasteiger charge is -2.25. The highest BCUT2D eigenvalue weighted by atomic mass is 19.1. The minimum Gasteiger partial charge on any atom is -0.459 e. The molecule has 2 aromatic carbocycles. The molecule has 0 radical (unpaired) electrons. The Hall–Kier alpha value is -3.16. The zero-order valence-corrected chi connectivity index (χ0v) is 15.6. The van der Waals surface area contributed by atoms with Crippen LogP contribution in [-0.2, 0) is 9.53 Å². The molecule has 0 fully saturated rings. The summed E-state index contributed by atoms with van der Waals surface area (Å²) in [5.74, 6) is -2.98. The van der Waals surface area contributed by atoms with E-state index < -0.39 is 41.2 Å². The second kappa shape index (κ2) is 7.46. The summed E-state index contributed by atoms with van der Waals surface area (Å²) < 4.78 is 44.1. The number of esters is 1. The zero-order valence-electron chi connectivity index (χ0n) is 15.6. The predicted molar refractivity (Wildman–Crippen MR) is 96.4 cm³/mol. The van der Waals surface area contributed by atoms with Crippen molar-refractivity contribution in [3.63, 3.8) is 0 Å². The molecule has 28 heavy (non-hydrogen) atoms. The van der Waals surface area contributed by atoms with Crippen molar-refractivity contribution in [3.8, 4) is 11.5 Å². The van der Waals surface area contributed by atoms with Crippen LogP contribution in [0.4, 0.5) is 14.5 Å². The van der Waals surface area contributed by atoms with Crippen molar-refractivity contribution in [1.82, 2.24) is 0 Å². The average Bonchev–Trinajstić information content (AvgIpc) is 3.05. The Morgan fingerprint density at radius 3 is 2.36 bits per heavy atom. The van der Waals surface area contributed by atoms with Crippen LogP contribution in [0.15, 0.2) is 36.4 Å². The zero-order chi connectivity index (χ0) is 20.5. The number of halogens is 2. The van der Waals surface area contributed by atoms with E-state index in [1.165, 1.54) is 12.1 Å². The molecule has 0 bridgehead atoms. The molecule has 8 heteroatoms. The van der Waals surface area contributed by atoms with Crippen LogP contribution in [0.25, 0.3) is 0 Å². The predicted octanol–water partition coefficient (Wildman–Crippen LogP) is 3.68. The highest BCUT2D eigenvalue weighted by Crippen LogP contribution is 2.36. The SMILES string of the molecule is CC(C)(C)OC(=O)CN(C(=O)c1c(F)cccc1F)c1ccc2c(c1)OCO2. The summed E-state index contributed by atoms with van der Waals surface area (Å²) in [5.41, 5.74) is -1.34. The van der Waals surface area contributed by atoms with Crippen LogP contribution in [0, 0.1) is 11.6 Å². The van der Waals surface area contributed by atoms with Gasteiger partial charge >= 0.3 is 5.97 Å². The Balaban J connectivity index is 1.99. The first kappa shape index (κ1) is 19.6. The van der Waals surface area contributed by atoms with Crippen LogP contribution in [-0.4, -0.2) is 30.8 Å². The maximum atomic E-state index is 14.2. The van der Waals surface area contributed by atoms with Gasteiger partial charge in [-0.05, 0) is 45.0 Å². The van der Waals surface area contributed by atoms with E-state index in [0.29, 0.717) is 11.5 Å². The van der Waals surface area contributed by atoms with Crippen molar-refractivity contribution in [2.24, 2.45) is 0 Å². The van der Waals surface area contributed by atoms with Gasteiger partial charge in [0.25, 0.3) is 5.91 Å². The van der Waals surface area contributed by atoms with Crippen LogP contribution in [0.1, 0.15) is 31.1 Å². The summed E-state index contributed by atoms with van der Waals surface area (Å²) in [5, 5.41) is 0. The topological polar surface area (TPSA) is 65.1 Å². The second-order valence-corrected chi connectivity index (χ2v) is 7.11. The summed E-state index contributed by atoms with van der Waals surface area (Å²) in [6.45, 7) is 4.50. The number of benzene rings is 2. The van der Waals surface area contributed by atoms with Crippen molar-refractivity contribution in [2.75, 3.05) is 18.2 Å². The fourth-order valence-corrected chi connectivity index (χ4v) is 2.67. The Morgan fingerprint density at radius 1 is 1.07 bits per heavy atom. The number of fused-ring (bicyclic) bond motifs is 1. The van der Waals surface area contributed by atoms with Gasteiger partial charge in [0.15, 0.2) is 11.5 Å². The van der Waals surface area contributed by atoms with Crippen molar-refractivity contribution < 1.29 is 32.6 Å². The lowest BCUT2D eigenvalue weighted by molar-refractivity contribution is -0.152. The van der Waals surface area contributed by atoms with Crippen LogP contribution < -0.4 is 14.4 Å². The molecular formula is C20H19F2NO5. The van der Waals surface area contributed by atoms with E-state index in [1.54, 1.807) is 26.8 Å². The van der Waals surface area contributed by atoms with Crippen molar-refractivity contribution in [1.29, 1.82) is 0 Å². The third kappa shape index (κ3) is 4.21. The number of nitrogens with zero attached hydrogens (tertiary/aromatic N) is 1. The molecule has 0 spiro atoms. The number of anilines is 1. The first-order valence-electron chi connectivity index (χ1n) is 8.53. The van der Waals surface area contributed by atoms with E-state index >= 15 is 0 Å². The molecule has 0 N–H and O–H groups in total. The van der Waals surface area contributed by atoms with Gasteiger partial charge in [0.05, 0.1) is 0 Å². The maximum absolute atomic E-state index is 14.2. The molecule has 0 aliphatic carbocycles. The van der Waals surface area contributed by atoms with Crippen molar-refractivity contribution in [2.45, 2.75) is 26.4 Å². The van der Waals surface area contributed by atoms with Crippen LogP contribution in [0.3, 0.4) is 0 Å². The Morgan fingerprint density at radius 2 is 1.71 bits per heavy atom.